The summed E-state index contributed by atoms with van der Waals surface area (Å²) in [6, 6.07) is 0.416. The lowest BCUT2D eigenvalue weighted by atomic mass is 10.1. The topological polar surface area (TPSA) is 68.3 Å². The Morgan fingerprint density at radius 3 is 2.13 bits per heavy atom. The zero-order valence-electron chi connectivity index (χ0n) is 14.9. The Labute approximate surface area is 140 Å². The highest BCUT2D eigenvalue weighted by Crippen LogP contribution is 2.19. The SMILES string of the molecule is COCCCN1C(C)CN(S(=O)(=O)CCOCCOC)CC1C. The lowest BCUT2D eigenvalue weighted by molar-refractivity contribution is 0.0643. The molecule has 0 aromatic heterocycles. The van der Waals surface area contributed by atoms with E-state index >= 15 is 0 Å². The van der Waals surface area contributed by atoms with Crippen molar-refractivity contribution in [2.75, 3.05) is 66.0 Å². The molecule has 0 N–H and O–H groups in total. The molecule has 0 saturated carbocycles. The van der Waals surface area contributed by atoms with E-state index in [0.29, 0.717) is 26.3 Å². The predicted octanol–water partition coefficient (Wildman–Crippen LogP) is 0.410. The largest absolute Gasteiger partial charge is 0.385 e. The number of nitrogens with zero attached hydrogens (tertiary/aromatic N) is 2. The third-order valence-electron chi connectivity index (χ3n) is 4.14. The van der Waals surface area contributed by atoms with E-state index in [9.17, 15) is 8.42 Å². The number of methoxy groups -OCH3 is 2. The molecule has 0 aromatic carbocycles. The first kappa shape index (κ1) is 20.8. The van der Waals surface area contributed by atoms with E-state index in [1.54, 1.807) is 18.5 Å². The van der Waals surface area contributed by atoms with Gasteiger partial charge in [-0.15, -0.1) is 0 Å². The summed E-state index contributed by atoms with van der Waals surface area (Å²) in [6.45, 7) is 8.03. The summed E-state index contributed by atoms with van der Waals surface area (Å²) < 4.78 is 41.8. The van der Waals surface area contributed by atoms with E-state index in [-0.39, 0.29) is 24.4 Å². The Kier molecular flexibility index (Phi) is 9.57. The van der Waals surface area contributed by atoms with Crippen LogP contribution in [0.1, 0.15) is 20.3 Å². The van der Waals surface area contributed by atoms with Gasteiger partial charge in [0.05, 0.1) is 25.6 Å². The Morgan fingerprint density at radius 1 is 0.957 bits per heavy atom. The summed E-state index contributed by atoms with van der Waals surface area (Å²) in [7, 11) is 0.0239. The Bertz CT molecular complexity index is 406. The molecule has 7 nitrogen and oxygen atoms in total. The lowest BCUT2D eigenvalue weighted by Gasteiger charge is -2.43. The number of sulfonamides is 1. The summed E-state index contributed by atoms with van der Waals surface area (Å²) in [5, 5.41) is 0. The Morgan fingerprint density at radius 2 is 1.57 bits per heavy atom. The van der Waals surface area contributed by atoms with Gasteiger partial charge in [0.25, 0.3) is 0 Å². The smallest absolute Gasteiger partial charge is 0.216 e. The van der Waals surface area contributed by atoms with Crippen LogP contribution >= 0.6 is 0 Å². The van der Waals surface area contributed by atoms with Crippen molar-refractivity contribution in [3.63, 3.8) is 0 Å². The molecule has 1 saturated heterocycles. The minimum Gasteiger partial charge on any atom is -0.385 e. The molecule has 1 aliphatic heterocycles. The molecular weight excluding hydrogens is 320 g/mol. The third kappa shape index (κ3) is 7.03. The Balaban J connectivity index is 2.46. The molecule has 0 amide bonds. The van der Waals surface area contributed by atoms with Gasteiger partial charge in [-0.05, 0) is 20.3 Å². The molecule has 2 atom stereocenters. The molecule has 8 heteroatoms. The standard InChI is InChI=1S/C15H32N2O5S/c1-14-12-16(13-15(2)17(14)6-5-7-20-3)23(18,19)11-10-22-9-8-21-4/h14-15H,5-13H2,1-4H3. The first-order valence-corrected chi connectivity index (χ1v) is 9.82. The van der Waals surface area contributed by atoms with E-state index in [2.05, 4.69) is 18.7 Å². The Hall–Kier alpha value is -0.250. The highest BCUT2D eigenvalue weighted by molar-refractivity contribution is 7.89. The summed E-state index contributed by atoms with van der Waals surface area (Å²) in [4.78, 5) is 2.36. The average Bonchev–Trinajstić information content (AvgIpc) is 2.49. The van der Waals surface area contributed by atoms with Crippen LogP contribution in [0.3, 0.4) is 0 Å². The molecule has 0 aliphatic carbocycles. The van der Waals surface area contributed by atoms with Gasteiger partial charge < -0.3 is 14.2 Å². The van der Waals surface area contributed by atoms with Crippen LogP contribution in [0.25, 0.3) is 0 Å². The van der Waals surface area contributed by atoms with Crippen LogP contribution in [0.15, 0.2) is 0 Å². The van der Waals surface area contributed by atoms with Gasteiger partial charge in [-0.2, -0.15) is 4.31 Å². The molecule has 23 heavy (non-hydrogen) atoms. The summed E-state index contributed by atoms with van der Waals surface area (Å²) >= 11 is 0. The quantitative estimate of drug-likeness (QED) is 0.502. The molecule has 0 bridgehead atoms. The second-order valence-corrected chi connectivity index (χ2v) is 8.11. The molecular formula is C15H32N2O5S. The van der Waals surface area contributed by atoms with Crippen LogP contribution in [0, 0.1) is 0 Å². The number of rotatable bonds is 11. The fourth-order valence-electron chi connectivity index (χ4n) is 2.91. The van der Waals surface area contributed by atoms with Gasteiger partial charge in [-0.25, -0.2) is 8.42 Å². The van der Waals surface area contributed by atoms with Crippen LogP contribution in [-0.4, -0.2) is 95.7 Å². The van der Waals surface area contributed by atoms with Crippen molar-refractivity contribution in [2.24, 2.45) is 0 Å². The van der Waals surface area contributed by atoms with Crippen LogP contribution < -0.4 is 0 Å². The monoisotopic (exact) mass is 352 g/mol. The molecule has 1 heterocycles. The van der Waals surface area contributed by atoms with Gasteiger partial charge in [0.1, 0.15) is 0 Å². The predicted molar refractivity (Wildman–Crippen MR) is 90.2 cm³/mol. The minimum atomic E-state index is -3.27. The van der Waals surface area contributed by atoms with Crippen molar-refractivity contribution in [1.82, 2.24) is 9.21 Å². The number of ether oxygens (including phenoxy) is 3. The van der Waals surface area contributed by atoms with Crippen molar-refractivity contribution in [2.45, 2.75) is 32.4 Å². The zero-order valence-corrected chi connectivity index (χ0v) is 15.7. The average molecular weight is 352 g/mol. The summed E-state index contributed by atoms with van der Waals surface area (Å²) in [6.07, 6.45) is 0.964. The van der Waals surface area contributed by atoms with Gasteiger partial charge in [0.15, 0.2) is 0 Å². The van der Waals surface area contributed by atoms with Crippen molar-refractivity contribution in [1.29, 1.82) is 0 Å². The zero-order chi connectivity index (χ0) is 17.3. The fourth-order valence-corrected chi connectivity index (χ4v) is 4.38. The van der Waals surface area contributed by atoms with E-state index in [1.807, 2.05) is 0 Å². The van der Waals surface area contributed by atoms with Gasteiger partial charge in [-0.1, -0.05) is 0 Å². The molecule has 0 aromatic rings. The highest BCUT2D eigenvalue weighted by atomic mass is 32.2. The molecule has 0 radical (unpaired) electrons. The molecule has 0 spiro atoms. The van der Waals surface area contributed by atoms with Crippen LogP contribution in [0.5, 0.6) is 0 Å². The van der Waals surface area contributed by atoms with E-state index in [0.717, 1.165) is 19.6 Å². The number of hydrogen-bond acceptors (Lipinski definition) is 6. The third-order valence-corrected chi connectivity index (χ3v) is 5.91. The second-order valence-electron chi connectivity index (χ2n) is 6.02. The lowest BCUT2D eigenvalue weighted by Crippen LogP contribution is -2.58. The molecule has 138 valence electrons. The van der Waals surface area contributed by atoms with Crippen molar-refractivity contribution < 1.29 is 22.6 Å². The molecule has 1 rings (SSSR count). The van der Waals surface area contributed by atoms with Gasteiger partial charge in [-0.3, -0.25) is 4.90 Å². The van der Waals surface area contributed by atoms with Crippen LogP contribution in [-0.2, 0) is 24.2 Å². The van der Waals surface area contributed by atoms with E-state index in [1.165, 1.54) is 0 Å². The summed E-state index contributed by atoms with van der Waals surface area (Å²) in [5.74, 6) is 0.0276. The highest BCUT2D eigenvalue weighted by Gasteiger charge is 2.34. The van der Waals surface area contributed by atoms with E-state index < -0.39 is 10.0 Å². The number of piperazine rings is 1. The minimum absolute atomic E-state index is 0.0276. The maximum absolute atomic E-state index is 12.5. The summed E-state index contributed by atoms with van der Waals surface area (Å²) in [5.41, 5.74) is 0. The maximum Gasteiger partial charge on any atom is 0.216 e. The van der Waals surface area contributed by atoms with Crippen molar-refractivity contribution in [3.8, 4) is 0 Å². The van der Waals surface area contributed by atoms with E-state index in [4.69, 9.17) is 14.2 Å². The maximum atomic E-state index is 12.5. The second kappa shape index (κ2) is 10.6. The normalized spacial score (nSPS) is 24.2. The fraction of sp³-hybridized carbons (Fsp3) is 1.00. The van der Waals surface area contributed by atoms with Crippen LogP contribution in [0.4, 0.5) is 0 Å². The van der Waals surface area contributed by atoms with Gasteiger partial charge in [0.2, 0.25) is 10.0 Å². The first-order valence-electron chi connectivity index (χ1n) is 8.21. The van der Waals surface area contributed by atoms with Crippen LogP contribution in [0.2, 0.25) is 0 Å². The van der Waals surface area contributed by atoms with Crippen molar-refractivity contribution in [3.05, 3.63) is 0 Å². The molecule has 2 unspecified atom stereocenters. The molecule has 1 fully saturated rings. The van der Waals surface area contributed by atoms with Gasteiger partial charge >= 0.3 is 0 Å². The number of hydrogen-bond donors (Lipinski definition) is 0. The van der Waals surface area contributed by atoms with Crippen molar-refractivity contribution >= 4 is 10.0 Å². The molecule has 1 aliphatic rings. The first-order chi connectivity index (χ1) is 10.9. The van der Waals surface area contributed by atoms with Gasteiger partial charge in [0, 0.05) is 52.5 Å².